The van der Waals surface area contributed by atoms with Gasteiger partial charge in [-0.3, -0.25) is 14.8 Å². The first-order chi connectivity index (χ1) is 10.3. The van der Waals surface area contributed by atoms with Gasteiger partial charge in [-0.2, -0.15) is 0 Å². The highest BCUT2D eigenvalue weighted by atomic mass is 15.3. The Morgan fingerprint density at radius 1 is 1.24 bits per heavy atom. The van der Waals surface area contributed by atoms with Crippen molar-refractivity contribution in [2.45, 2.75) is 51.4 Å². The number of nitrogens with one attached hydrogen (secondary N) is 1. The van der Waals surface area contributed by atoms with Crippen LogP contribution in [0, 0.1) is 0 Å². The highest BCUT2D eigenvalue weighted by Gasteiger charge is 2.34. The fraction of sp³-hybridized carbons (Fsp3) is 0.706. The Labute approximate surface area is 128 Å². The summed E-state index contributed by atoms with van der Waals surface area (Å²) in [6.07, 6.45) is 6.10. The van der Waals surface area contributed by atoms with Crippen LogP contribution in [-0.4, -0.2) is 53.5 Å². The standard InChI is InChI=1S/C17H28N4/c1-3-18-10-14-4-5-15(19-11-14)12-21-9-8-16-6-7-17(13-21)20(16)2/h4-5,11,16-18H,3,6-10,12-13H2,1-2H3. The molecule has 2 bridgehead atoms. The predicted molar refractivity (Wildman–Crippen MR) is 86.1 cm³/mol. The van der Waals surface area contributed by atoms with Gasteiger partial charge in [-0.25, -0.2) is 0 Å². The lowest BCUT2D eigenvalue weighted by Gasteiger charge is -2.25. The van der Waals surface area contributed by atoms with E-state index < -0.39 is 0 Å². The lowest BCUT2D eigenvalue weighted by Crippen LogP contribution is -2.36. The van der Waals surface area contributed by atoms with Crippen LogP contribution in [0.3, 0.4) is 0 Å². The van der Waals surface area contributed by atoms with Gasteiger partial charge in [0, 0.05) is 44.5 Å². The number of fused-ring (bicyclic) bond motifs is 2. The van der Waals surface area contributed by atoms with E-state index in [-0.39, 0.29) is 0 Å². The van der Waals surface area contributed by atoms with Crippen LogP contribution in [0.15, 0.2) is 18.3 Å². The van der Waals surface area contributed by atoms with Crippen molar-refractivity contribution in [2.75, 3.05) is 26.7 Å². The van der Waals surface area contributed by atoms with Crippen LogP contribution in [0.5, 0.6) is 0 Å². The number of likely N-dealkylation sites (tertiary alicyclic amines) is 1. The number of hydrogen-bond donors (Lipinski definition) is 1. The SMILES string of the molecule is CCNCc1ccc(CN2CCC3CCC(C2)N3C)nc1. The minimum Gasteiger partial charge on any atom is -0.313 e. The molecule has 0 aromatic carbocycles. The molecule has 2 aliphatic rings. The Morgan fingerprint density at radius 2 is 2.10 bits per heavy atom. The van der Waals surface area contributed by atoms with Crippen LogP contribution in [0.1, 0.15) is 37.4 Å². The first kappa shape index (κ1) is 14.9. The van der Waals surface area contributed by atoms with E-state index in [1.165, 1.54) is 43.6 Å². The van der Waals surface area contributed by atoms with Gasteiger partial charge >= 0.3 is 0 Å². The molecule has 1 aromatic rings. The molecule has 0 radical (unpaired) electrons. The van der Waals surface area contributed by atoms with Crippen molar-refractivity contribution in [1.29, 1.82) is 0 Å². The summed E-state index contributed by atoms with van der Waals surface area (Å²) >= 11 is 0. The van der Waals surface area contributed by atoms with Crippen molar-refractivity contribution in [2.24, 2.45) is 0 Å². The van der Waals surface area contributed by atoms with E-state index >= 15 is 0 Å². The zero-order chi connectivity index (χ0) is 14.7. The van der Waals surface area contributed by atoms with Crippen molar-refractivity contribution in [3.63, 3.8) is 0 Å². The van der Waals surface area contributed by atoms with E-state index in [1.807, 2.05) is 6.20 Å². The fourth-order valence-corrected chi connectivity index (χ4v) is 3.67. The Bertz CT molecular complexity index is 445. The first-order valence-corrected chi connectivity index (χ1v) is 8.35. The van der Waals surface area contributed by atoms with Gasteiger partial charge in [-0.1, -0.05) is 13.0 Å². The largest absolute Gasteiger partial charge is 0.313 e. The number of likely N-dealkylation sites (N-methyl/N-ethyl adjacent to an activating group) is 1. The Hall–Kier alpha value is -0.970. The van der Waals surface area contributed by atoms with E-state index in [9.17, 15) is 0 Å². The van der Waals surface area contributed by atoms with Crippen molar-refractivity contribution in [3.05, 3.63) is 29.6 Å². The smallest absolute Gasteiger partial charge is 0.0544 e. The zero-order valence-electron chi connectivity index (χ0n) is 13.4. The van der Waals surface area contributed by atoms with E-state index in [2.05, 4.69) is 46.2 Å². The summed E-state index contributed by atoms with van der Waals surface area (Å²) in [7, 11) is 2.31. The maximum atomic E-state index is 4.64. The fourth-order valence-electron chi connectivity index (χ4n) is 3.67. The molecule has 2 atom stereocenters. The summed E-state index contributed by atoms with van der Waals surface area (Å²) in [4.78, 5) is 9.84. The van der Waals surface area contributed by atoms with Gasteiger partial charge in [0.05, 0.1) is 5.69 Å². The molecule has 0 saturated carbocycles. The molecule has 3 rings (SSSR count). The van der Waals surface area contributed by atoms with E-state index in [0.717, 1.165) is 31.7 Å². The van der Waals surface area contributed by atoms with Crippen molar-refractivity contribution < 1.29 is 0 Å². The van der Waals surface area contributed by atoms with Gasteiger partial charge in [-0.15, -0.1) is 0 Å². The van der Waals surface area contributed by atoms with Crippen LogP contribution in [-0.2, 0) is 13.1 Å². The molecular weight excluding hydrogens is 260 g/mol. The summed E-state index contributed by atoms with van der Waals surface area (Å²) in [6, 6.07) is 5.97. The third-order valence-corrected chi connectivity index (χ3v) is 5.08. The minimum atomic E-state index is 0.755. The Kier molecular flexibility index (Phi) is 4.88. The molecule has 0 aliphatic carbocycles. The molecule has 1 aromatic heterocycles. The molecule has 4 nitrogen and oxygen atoms in total. The monoisotopic (exact) mass is 288 g/mol. The quantitative estimate of drug-likeness (QED) is 0.896. The molecule has 3 heterocycles. The summed E-state index contributed by atoms with van der Waals surface area (Å²) in [6.45, 7) is 7.47. The second-order valence-corrected chi connectivity index (χ2v) is 6.51. The Morgan fingerprint density at radius 3 is 2.86 bits per heavy atom. The summed E-state index contributed by atoms with van der Waals surface area (Å²) in [5, 5.41) is 3.34. The average molecular weight is 288 g/mol. The molecule has 116 valence electrons. The van der Waals surface area contributed by atoms with Crippen LogP contribution in [0.4, 0.5) is 0 Å². The normalized spacial score (nSPS) is 27.0. The third kappa shape index (κ3) is 3.62. The maximum Gasteiger partial charge on any atom is 0.0544 e. The van der Waals surface area contributed by atoms with Crippen molar-refractivity contribution in [1.82, 2.24) is 20.1 Å². The molecule has 2 unspecified atom stereocenters. The van der Waals surface area contributed by atoms with Crippen LogP contribution < -0.4 is 5.32 Å². The molecule has 0 amide bonds. The van der Waals surface area contributed by atoms with E-state index in [1.54, 1.807) is 0 Å². The van der Waals surface area contributed by atoms with Gasteiger partial charge < -0.3 is 5.32 Å². The lowest BCUT2D eigenvalue weighted by atomic mass is 10.1. The second kappa shape index (κ2) is 6.86. The minimum absolute atomic E-state index is 0.755. The van der Waals surface area contributed by atoms with Crippen LogP contribution in [0.2, 0.25) is 0 Å². The van der Waals surface area contributed by atoms with E-state index in [4.69, 9.17) is 0 Å². The number of pyridine rings is 1. The van der Waals surface area contributed by atoms with Gasteiger partial charge in [0.1, 0.15) is 0 Å². The molecule has 2 fully saturated rings. The van der Waals surface area contributed by atoms with Crippen LogP contribution in [0.25, 0.3) is 0 Å². The maximum absolute atomic E-state index is 4.64. The van der Waals surface area contributed by atoms with E-state index in [0.29, 0.717) is 0 Å². The molecule has 2 aliphatic heterocycles. The van der Waals surface area contributed by atoms with Gasteiger partial charge in [-0.05, 0) is 44.5 Å². The van der Waals surface area contributed by atoms with Crippen LogP contribution >= 0.6 is 0 Å². The predicted octanol–water partition coefficient (Wildman–Crippen LogP) is 1.86. The number of rotatable bonds is 5. The van der Waals surface area contributed by atoms with Gasteiger partial charge in [0.25, 0.3) is 0 Å². The molecule has 21 heavy (non-hydrogen) atoms. The van der Waals surface area contributed by atoms with Gasteiger partial charge in [0.15, 0.2) is 0 Å². The Balaban J connectivity index is 1.56. The number of nitrogens with zero attached hydrogens (tertiary/aromatic N) is 3. The summed E-state index contributed by atoms with van der Waals surface area (Å²) < 4.78 is 0. The molecule has 2 saturated heterocycles. The van der Waals surface area contributed by atoms with Gasteiger partial charge in [0.2, 0.25) is 0 Å². The second-order valence-electron chi connectivity index (χ2n) is 6.51. The topological polar surface area (TPSA) is 31.4 Å². The first-order valence-electron chi connectivity index (χ1n) is 8.35. The van der Waals surface area contributed by atoms with Crippen molar-refractivity contribution in [3.8, 4) is 0 Å². The highest BCUT2D eigenvalue weighted by molar-refractivity contribution is 5.14. The summed E-state index contributed by atoms with van der Waals surface area (Å²) in [5.74, 6) is 0. The van der Waals surface area contributed by atoms with Crippen molar-refractivity contribution >= 4 is 0 Å². The number of aromatic nitrogens is 1. The molecular formula is C17H28N4. The molecule has 4 heteroatoms. The third-order valence-electron chi connectivity index (χ3n) is 5.08. The molecule has 1 N–H and O–H groups in total. The number of hydrogen-bond acceptors (Lipinski definition) is 4. The average Bonchev–Trinajstić information content (AvgIpc) is 2.75. The molecule has 0 spiro atoms. The summed E-state index contributed by atoms with van der Waals surface area (Å²) in [5.41, 5.74) is 2.48. The zero-order valence-corrected chi connectivity index (χ0v) is 13.4. The lowest BCUT2D eigenvalue weighted by molar-refractivity contribution is 0.213. The highest BCUT2D eigenvalue weighted by Crippen LogP contribution is 2.28.